The van der Waals surface area contributed by atoms with Gasteiger partial charge in [0, 0.05) is 16.6 Å². The van der Waals surface area contributed by atoms with E-state index in [0.29, 0.717) is 10.0 Å². The van der Waals surface area contributed by atoms with Gasteiger partial charge in [0.05, 0.1) is 0 Å². The van der Waals surface area contributed by atoms with Crippen molar-refractivity contribution in [1.82, 2.24) is 14.6 Å². The number of anilines is 1. The molecule has 6 heteroatoms. The quantitative estimate of drug-likeness (QED) is 0.790. The Hall–Kier alpha value is -1.78. The number of nitrogens with one attached hydrogen (secondary N) is 1. The summed E-state index contributed by atoms with van der Waals surface area (Å²) in [4.78, 5) is 4.21. The van der Waals surface area contributed by atoms with Crippen LogP contribution in [0, 0.1) is 6.92 Å². The fraction of sp³-hybridized carbons (Fsp3) is 0.200. The zero-order chi connectivity index (χ0) is 14.8. The fourth-order valence-electron chi connectivity index (χ4n) is 2.23. The lowest BCUT2D eigenvalue weighted by molar-refractivity contribution is 0.926. The number of nitrogens with zero attached hydrogens (tertiary/aromatic N) is 3. The maximum Gasteiger partial charge on any atom is 0.157 e. The molecule has 0 fully saturated rings. The van der Waals surface area contributed by atoms with E-state index in [0.717, 1.165) is 35.6 Å². The van der Waals surface area contributed by atoms with Gasteiger partial charge in [-0.3, -0.25) is 0 Å². The second-order valence-corrected chi connectivity index (χ2v) is 5.70. The molecule has 3 rings (SSSR count). The Morgan fingerprint density at radius 2 is 2.05 bits per heavy atom. The molecule has 0 aliphatic carbocycles. The van der Waals surface area contributed by atoms with Crippen LogP contribution in [0.15, 0.2) is 36.7 Å². The minimum Gasteiger partial charge on any atom is -0.370 e. The van der Waals surface area contributed by atoms with E-state index in [1.54, 1.807) is 16.9 Å². The SMILES string of the molecule is Cc1cc(NCCc2ccc(Cl)cc2Cl)n2ncnc2c1. The Morgan fingerprint density at radius 3 is 2.86 bits per heavy atom. The van der Waals surface area contributed by atoms with E-state index in [1.165, 1.54) is 0 Å². The summed E-state index contributed by atoms with van der Waals surface area (Å²) in [6, 6.07) is 9.61. The molecule has 4 nitrogen and oxygen atoms in total. The Balaban J connectivity index is 1.73. The van der Waals surface area contributed by atoms with E-state index in [-0.39, 0.29) is 0 Å². The third kappa shape index (κ3) is 3.12. The summed E-state index contributed by atoms with van der Waals surface area (Å²) in [5.41, 5.74) is 3.04. The molecular weight excluding hydrogens is 307 g/mol. The van der Waals surface area contributed by atoms with Gasteiger partial charge in [0.2, 0.25) is 0 Å². The van der Waals surface area contributed by atoms with E-state index < -0.39 is 0 Å². The molecule has 0 saturated carbocycles. The van der Waals surface area contributed by atoms with Crippen molar-refractivity contribution in [3.8, 4) is 0 Å². The van der Waals surface area contributed by atoms with E-state index in [4.69, 9.17) is 23.2 Å². The summed E-state index contributed by atoms with van der Waals surface area (Å²) in [5, 5.41) is 8.93. The average molecular weight is 321 g/mol. The van der Waals surface area contributed by atoms with Crippen molar-refractivity contribution in [2.24, 2.45) is 0 Å². The van der Waals surface area contributed by atoms with E-state index in [1.807, 2.05) is 31.2 Å². The minimum atomic E-state index is 0.653. The van der Waals surface area contributed by atoms with Crippen LogP contribution in [0.5, 0.6) is 0 Å². The van der Waals surface area contributed by atoms with Crippen LogP contribution < -0.4 is 5.32 Å². The standard InChI is InChI=1S/C15H14Cl2N4/c1-10-6-14(21-15(7-10)19-9-20-21)18-5-4-11-2-3-12(16)8-13(11)17/h2-3,6-9,18H,4-5H2,1H3. The molecule has 0 unspecified atom stereocenters. The van der Waals surface area contributed by atoms with Crippen molar-refractivity contribution in [1.29, 1.82) is 0 Å². The second kappa shape index (κ2) is 5.92. The van der Waals surface area contributed by atoms with Crippen molar-refractivity contribution < 1.29 is 0 Å². The third-order valence-corrected chi connectivity index (χ3v) is 3.83. The lowest BCUT2D eigenvalue weighted by Crippen LogP contribution is -2.09. The van der Waals surface area contributed by atoms with Gasteiger partial charge in [-0.2, -0.15) is 9.61 Å². The Labute approximate surface area is 132 Å². The number of aryl methyl sites for hydroxylation is 1. The number of benzene rings is 1. The molecule has 0 bridgehead atoms. The first-order valence-corrected chi connectivity index (χ1v) is 7.37. The highest BCUT2D eigenvalue weighted by Gasteiger charge is 2.05. The second-order valence-electron chi connectivity index (χ2n) is 4.86. The van der Waals surface area contributed by atoms with Crippen molar-refractivity contribution in [2.75, 3.05) is 11.9 Å². The largest absolute Gasteiger partial charge is 0.370 e. The summed E-state index contributed by atoms with van der Waals surface area (Å²) in [5.74, 6) is 0.924. The van der Waals surface area contributed by atoms with Gasteiger partial charge in [-0.25, -0.2) is 4.98 Å². The Bertz CT molecular complexity index is 782. The van der Waals surface area contributed by atoms with Gasteiger partial charge in [0.1, 0.15) is 12.1 Å². The van der Waals surface area contributed by atoms with Crippen LogP contribution in [0.1, 0.15) is 11.1 Å². The van der Waals surface area contributed by atoms with Gasteiger partial charge in [0.25, 0.3) is 0 Å². The molecule has 0 atom stereocenters. The van der Waals surface area contributed by atoms with Crippen LogP contribution in [0.3, 0.4) is 0 Å². The molecule has 0 aliphatic heterocycles. The molecule has 3 aromatic rings. The number of aromatic nitrogens is 3. The number of pyridine rings is 1. The molecule has 1 N–H and O–H groups in total. The maximum absolute atomic E-state index is 6.17. The monoisotopic (exact) mass is 320 g/mol. The number of halogens is 2. The molecule has 2 aromatic heterocycles. The topological polar surface area (TPSA) is 42.2 Å². The van der Waals surface area contributed by atoms with E-state index in [9.17, 15) is 0 Å². The van der Waals surface area contributed by atoms with Gasteiger partial charge >= 0.3 is 0 Å². The first kappa shape index (κ1) is 14.2. The lowest BCUT2D eigenvalue weighted by atomic mass is 10.1. The molecule has 0 spiro atoms. The zero-order valence-corrected chi connectivity index (χ0v) is 13.0. The first-order chi connectivity index (χ1) is 10.1. The summed E-state index contributed by atoms with van der Waals surface area (Å²) in [6.45, 7) is 2.79. The van der Waals surface area contributed by atoms with Crippen LogP contribution in [-0.2, 0) is 6.42 Å². The Kier molecular flexibility index (Phi) is 3.99. The molecule has 21 heavy (non-hydrogen) atoms. The van der Waals surface area contributed by atoms with Gasteiger partial charge in [-0.1, -0.05) is 29.3 Å². The van der Waals surface area contributed by atoms with Gasteiger partial charge in [-0.15, -0.1) is 0 Å². The fourth-order valence-corrected chi connectivity index (χ4v) is 2.74. The van der Waals surface area contributed by atoms with E-state index in [2.05, 4.69) is 15.4 Å². The van der Waals surface area contributed by atoms with Crippen molar-refractivity contribution in [2.45, 2.75) is 13.3 Å². The number of rotatable bonds is 4. The highest BCUT2D eigenvalue weighted by molar-refractivity contribution is 6.35. The first-order valence-electron chi connectivity index (χ1n) is 6.62. The highest BCUT2D eigenvalue weighted by Crippen LogP contribution is 2.21. The molecular formula is C15H14Cl2N4. The summed E-state index contributed by atoms with van der Waals surface area (Å²) >= 11 is 12.1. The molecule has 0 amide bonds. The lowest BCUT2D eigenvalue weighted by Gasteiger charge is -2.10. The Morgan fingerprint density at radius 1 is 1.19 bits per heavy atom. The van der Waals surface area contributed by atoms with Gasteiger partial charge < -0.3 is 5.32 Å². The van der Waals surface area contributed by atoms with Crippen LogP contribution in [0.2, 0.25) is 10.0 Å². The molecule has 2 heterocycles. The predicted octanol–water partition coefficient (Wildman–Crippen LogP) is 4.00. The zero-order valence-electron chi connectivity index (χ0n) is 11.5. The van der Waals surface area contributed by atoms with Gasteiger partial charge in [0.15, 0.2) is 5.65 Å². The van der Waals surface area contributed by atoms with Crippen LogP contribution in [0.4, 0.5) is 5.82 Å². The normalized spacial score (nSPS) is 11.0. The highest BCUT2D eigenvalue weighted by atomic mass is 35.5. The molecule has 0 radical (unpaired) electrons. The number of fused-ring (bicyclic) bond motifs is 1. The molecule has 0 saturated heterocycles. The summed E-state index contributed by atoms with van der Waals surface area (Å²) < 4.78 is 1.79. The van der Waals surface area contributed by atoms with Crippen molar-refractivity contribution >= 4 is 34.7 Å². The predicted molar refractivity (Wildman–Crippen MR) is 86.4 cm³/mol. The third-order valence-electron chi connectivity index (χ3n) is 3.24. The minimum absolute atomic E-state index is 0.653. The number of hydrogen-bond donors (Lipinski definition) is 1. The van der Waals surface area contributed by atoms with Gasteiger partial charge in [-0.05, 0) is 48.7 Å². The van der Waals surface area contributed by atoms with E-state index >= 15 is 0 Å². The molecule has 0 aliphatic rings. The van der Waals surface area contributed by atoms with Crippen molar-refractivity contribution in [3.05, 3.63) is 57.8 Å². The molecule has 1 aromatic carbocycles. The average Bonchev–Trinajstić information content (AvgIpc) is 2.89. The maximum atomic E-state index is 6.17. The van der Waals surface area contributed by atoms with Crippen LogP contribution in [0.25, 0.3) is 5.65 Å². The summed E-state index contributed by atoms with van der Waals surface area (Å²) in [6.07, 6.45) is 2.36. The summed E-state index contributed by atoms with van der Waals surface area (Å²) in [7, 11) is 0. The molecule has 108 valence electrons. The number of hydrogen-bond acceptors (Lipinski definition) is 3. The van der Waals surface area contributed by atoms with Crippen LogP contribution in [-0.4, -0.2) is 21.1 Å². The smallest absolute Gasteiger partial charge is 0.157 e. The van der Waals surface area contributed by atoms with Crippen molar-refractivity contribution in [3.63, 3.8) is 0 Å². The van der Waals surface area contributed by atoms with Crippen LogP contribution >= 0.6 is 23.2 Å².